The molecule has 3 rings (SSSR count). The van der Waals surface area contributed by atoms with Gasteiger partial charge in [0.25, 0.3) is 0 Å². The van der Waals surface area contributed by atoms with Gasteiger partial charge in [-0.3, -0.25) is 13.2 Å². The van der Waals surface area contributed by atoms with Gasteiger partial charge in [0.15, 0.2) is 17.5 Å². The highest BCUT2D eigenvalue weighted by atomic mass is 32.3. The number of aromatic nitrogens is 3. The third kappa shape index (κ3) is 12.9. The fraction of sp³-hybridized carbons (Fsp3) is 0.545. The molecule has 2 heterocycles. The van der Waals surface area contributed by atoms with Crippen LogP contribution in [-0.4, -0.2) is 113 Å². The van der Waals surface area contributed by atoms with Crippen LogP contribution in [0, 0.1) is 17.5 Å². The third-order valence-corrected chi connectivity index (χ3v) is 5.85. The molecule has 0 bridgehead atoms. The number of nitrogens with zero attached hydrogens (tertiary/aromatic N) is 4. The van der Waals surface area contributed by atoms with Crippen LogP contribution in [0.5, 0.6) is 0 Å². The van der Waals surface area contributed by atoms with Crippen molar-refractivity contribution in [2.45, 2.75) is 62.5 Å². The third-order valence-electron chi connectivity index (χ3n) is 5.85. The number of alkyl halides is 3. The predicted octanol–water partition coefficient (Wildman–Crippen LogP) is -2.73. The van der Waals surface area contributed by atoms with Crippen molar-refractivity contribution in [3.63, 3.8) is 0 Å². The molecule has 1 aromatic carbocycles. The SMILES string of the molecule is N[C@@H](C=O)[C@@H](O)[C@H](O)[C@H](O)CO.N[C@@H](CC(=O)N1CCn2c(nnc2C(F)(F)F)C1)Cc1cc(F)c(F)cc1F.O=S(=O)([O-])[O-]. The number of benzene rings is 1. The van der Waals surface area contributed by atoms with Crippen molar-refractivity contribution in [2.75, 3.05) is 13.2 Å². The van der Waals surface area contributed by atoms with E-state index in [1.165, 1.54) is 4.90 Å². The van der Waals surface area contributed by atoms with E-state index >= 15 is 0 Å². The van der Waals surface area contributed by atoms with Crippen molar-refractivity contribution < 1.29 is 73.9 Å². The molecule has 23 heteroatoms. The summed E-state index contributed by atoms with van der Waals surface area (Å²) in [5, 5.41) is 41.8. The molecule has 1 amide bonds. The van der Waals surface area contributed by atoms with Gasteiger partial charge in [-0.05, 0) is 18.1 Å². The Morgan fingerprint density at radius 3 is 2.09 bits per heavy atom. The van der Waals surface area contributed by atoms with Crippen LogP contribution in [0.4, 0.5) is 26.3 Å². The maximum Gasteiger partial charge on any atom is 0.451 e. The van der Waals surface area contributed by atoms with Gasteiger partial charge in [-0.25, -0.2) is 13.2 Å². The van der Waals surface area contributed by atoms with E-state index < -0.39 is 82.8 Å². The van der Waals surface area contributed by atoms with Gasteiger partial charge in [0.05, 0.1) is 19.2 Å². The van der Waals surface area contributed by atoms with Crippen LogP contribution in [0.1, 0.15) is 23.6 Å². The standard InChI is InChI=1S/C16H15F6N5O.C6H13NO5.H2O4S/c17-10-6-12(19)11(18)4-8(10)3-9(23)5-14(28)26-1-2-27-13(7-26)24-25-15(27)16(20,21)22;7-3(1-8)5(11)6(12)4(10)2-9;1-5(2,3)4/h4,6,9H,1-3,5,7,23H2;1,3-6,9-12H,2,7H2;(H2,1,2,3,4)/p-2/t9-;3-,4+,5+,6+;/m10./s1. The van der Waals surface area contributed by atoms with Crippen LogP contribution in [0.3, 0.4) is 0 Å². The van der Waals surface area contributed by atoms with Crippen LogP contribution in [0.25, 0.3) is 0 Å². The summed E-state index contributed by atoms with van der Waals surface area (Å²) < 4.78 is 113. The molecule has 0 unspecified atom stereocenters. The Morgan fingerprint density at radius 2 is 1.58 bits per heavy atom. The average molecular weight is 683 g/mol. The highest BCUT2D eigenvalue weighted by molar-refractivity contribution is 7.79. The Morgan fingerprint density at radius 1 is 1.02 bits per heavy atom. The minimum absolute atomic E-state index is 0.000783. The summed E-state index contributed by atoms with van der Waals surface area (Å²) in [7, 11) is -5.17. The average Bonchev–Trinajstić information content (AvgIpc) is 3.38. The summed E-state index contributed by atoms with van der Waals surface area (Å²) >= 11 is 0. The van der Waals surface area contributed by atoms with E-state index in [9.17, 15) is 35.9 Å². The van der Waals surface area contributed by atoms with Gasteiger partial charge in [-0.2, -0.15) is 13.2 Å². The van der Waals surface area contributed by atoms with E-state index in [0.29, 0.717) is 12.1 Å². The first-order chi connectivity index (χ1) is 20.6. The highest BCUT2D eigenvalue weighted by Gasteiger charge is 2.40. The Labute approximate surface area is 250 Å². The van der Waals surface area contributed by atoms with E-state index in [-0.39, 0.29) is 50.1 Å². The molecule has 16 nitrogen and oxygen atoms in total. The van der Waals surface area contributed by atoms with E-state index in [1.807, 2.05) is 0 Å². The summed E-state index contributed by atoms with van der Waals surface area (Å²) in [6.07, 6.45) is -9.53. The molecule has 1 aliphatic heterocycles. The lowest BCUT2D eigenvalue weighted by molar-refractivity contribution is -0.148. The lowest BCUT2D eigenvalue weighted by Crippen LogP contribution is -2.49. The minimum Gasteiger partial charge on any atom is -0.759 e. The van der Waals surface area contributed by atoms with Crippen molar-refractivity contribution in [1.29, 1.82) is 0 Å². The molecule has 0 saturated carbocycles. The van der Waals surface area contributed by atoms with E-state index in [2.05, 4.69) is 10.2 Å². The maximum atomic E-state index is 13.7. The molecule has 1 aliphatic rings. The summed E-state index contributed by atoms with van der Waals surface area (Å²) in [6.45, 7) is -1.01. The largest absolute Gasteiger partial charge is 0.759 e. The number of fused-ring (bicyclic) bond motifs is 1. The Balaban J connectivity index is 0.000000495. The molecule has 0 spiro atoms. The van der Waals surface area contributed by atoms with Gasteiger partial charge in [-0.15, -0.1) is 10.2 Å². The van der Waals surface area contributed by atoms with Crippen molar-refractivity contribution >= 4 is 22.6 Å². The smallest absolute Gasteiger partial charge is 0.451 e. The van der Waals surface area contributed by atoms with Crippen LogP contribution >= 0.6 is 0 Å². The molecule has 1 aromatic heterocycles. The Hall–Kier alpha value is -3.29. The van der Waals surface area contributed by atoms with Gasteiger partial charge in [0, 0.05) is 42.0 Å². The number of aliphatic hydroxyl groups is 4. The number of nitrogens with two attached hydrogens (primary N) is 2. The summed E-state index contributed by atoms with van der Waals surface area (Å²) in [5.41, 5.74) is 10.7. The highest BCUT2D eigenvalue weighted by Crippen LogP contribution is 2.29. The normalized spacial score (nSPS) is 16.5. The maximum absolute atomic E-state index is 13.7. The number of hydrogen-bond acceptors (Lipinski definition) is 14. The molecular weight excluding hydrogens is 654 g/mol. The Bertz CT molecular complexity index is 1390. The second-order valence-corrected chi connectivity index (χ2v) is 10.1. The Kier molecular flexibility index (Phi) is 14.9. The number of amides is 1. The molecule has 2 aromatic rings. The zero-order valence-corrected chi connectivity index (χ0v) is 23.5. The fourth-order valence-corrected chi connectivity index (χ4v) is 3.65. The van der Waals surface area contributed by atoms with E-state index in [1.54, 1.807) is 0 Å². The first-order valence-corrected chi connectivity index (χ1v) is 13.6. The van der Waals surface area contributed by atoms with Crippen molar-refractivity contribution in [2.24, 2.45) is 11.5 Å². The first-order valence-electron chi connectivity index (χ1n) is 12.3. The second-order valence-electron chi connectivity index (χ2n) is 9.28. The number of carbonyl (C=O) groups excluding carboxylic acids is 2. The molecule has 256 valence electrons. The van der Waals surface area contributed by atoms with Crippen LogP contribution in [0.15, 0.2) is 12.1 Å². The van der Waals surface area contributed by atoms with E-state index in [4.69, 9.17) is 49.4 Å². The van der Waals surface area contributed by atoms with Gasteiger partial charge in [0.1, 0.15) is 30.4 Å². The van der Waals surface area contributed by atoms with Crippen molar-refractivity contribution in [1.82, 2.24) is 19.7 Å². The zero-order valence-electron chi connectivity index (χ0n) is 22.7. The molecule has 0 fully saturated rings. The van der Waals surface area contributed by atoms with Crippen LogP contribution < -0.4 is 11.5 Å². The fourth-order valence-electron chi connectivity index (χ4n) is 3.65. The lowest BCUT2D eigenvalue weighted by atomic mass is 10.0. The van der Waals surface area contributed by atoms with Gasteiger partial charge in [-0.1, -0.05) is 0 Å². The van der Waals surface area contributed by atoms with Crippen LogP contribution in [0.2, 0.25) is 0 Å². The second kappa shape index (κ2) is 16.9. The number of aldehydes is 1. The van der Waals surface area contributed by atoms with Gasteiger partial charge in [0.2, 0.25) is 11.7 Å². The molecule has 8 N–H and O–H groups in total. The lowest BCUT2D eigenvalue weighted by Gasteiger charge is -2.29. The van der Waals surface area contributed by atoms with Crippen molar-refractivity contribution in [3.8, 4) is 0 Å². The minimum atomic E-state index is -5.17. The van der Waals surface area contributed by atoms with Crippen molar-refractivity contribution in [3.05, 3.63) is 46.8 Å². The molecule has 0 aliphatic carbocycles. The number of carbonyl (C=O) groups is 2. The monoisotopic (exact) mass is 682 g/mol. The van der Waals surface area contributed by atoms with Gasteiger partial charge >= 0.3 is 6.18 Å². The topological polar surface area (TPSA) is 281 Å². The van der Waals surface area contributed by atoms with Gasteiger partial charge < -0.3 is 55.3 Å². The summed E-state index contributed by atoms with van der Waals surface area (Å²) in [4.78, 5) is 23.6. The number of aliphatic hydroxyl groups excluding tert-OH is 4. The first kappa shape index (κ1) is 39.7. The predicted molar refractivity (Wildman–Crippen MR) is 133 cm³/mol. The number of halogens is 6. The van der Waals surface area contributed by atoms with Crippen LogP contribution in [-0.2, 0) is 45.7 Å². The number of rotatable bonds is 9. The number of hydrogen-bond donors (Lipinski definition) is 6. The molecular formula is C22H28F6N6O10S-2. The zero-order chi connectivity index (χ0) is 34.9. The van der Waals surface area contributed by atoms with E-state index in [0.717, 1.165) is 4.57 Å². The summed E-state index contributed by atoms with van der Waals surface area (Å²) in [5.74, 6) is -5.15. The molecule has 45 heavy (non-hydrogen) atoms. The molecule has 0 saturated heterocycles. The molecule has 5 atom stereocenters. The molecule has 0 radical (unpaired) electrons. The quantitative estimate of drug-likeness (QED) is 0.0515. The summed E-state index contributed by atoms with van der Waals surface area (Å²) in [6, 6.07) is -1.08.